The van der Waals surface area contributed by atoms with Crippen molar-refractivity contribution in [2.24, 2.45) is 0 Å². The molecule has 0 aliphatic heterocycles. The van der Waals surface area contributed by atoms with Crippen LogP contribution in [0.2, 0.25) is 0 Å². The summed E-state index contributed by atoms with van der Waals surface area (Å²) in [5.41, 5.74) is 2.62. The van der Waals surface area contributed by atoms with Crippen LogP contribution in [0.25, 0.3) is 43.8 Å². The molecule has 0 saturated carbocycles. The lowest BCUT2D eigenvalue weighted by Gasteiger charge is -2.19. The highest BCUT2D eigenvalue weighted by Gasteiger charge is 2.20. The molecule has 5 rings (SSSR count). The van der Waals surface area contributed by atoms with Gasteiger partial charge in [-0.3, -0.25) is 0 Å². The summed E-state index contributed by atoms with van der Waals surface area (Å²) in [6, 6.07) is 24.4. The summed E-state index contributed by atoms with van der Waals surface area (Å²) >= 11 is 0. The topological polar surface area (TPSA) is 80.9 Å². The van der Waals surface area contributed by atoms with Crippen LogP contribution in [0.5, 0.6) is 23.0 Å². The number of phenolic OH excluding ortho intramolecular Hbond substituents is 4. The van der Waals surface area contributed by atoms with Crippen molar-refractivity contribution >= 4 is 21.5 Å². The highest BCUT2D eigenvalue weighted by Crippen LogP contribution is 2.48. The number of fused-ring (bicyclic) bond motifs is 2. The Balaban J connectivity index is 2.03. The largest absolute Gasteiger partial charge is 0.508 e. The van der Waals surface area contributed by atoms with E-state index in [9.17, 15) is 20.4 Å². The van der Waals surface area contributed by atoms with Crippen LogP contribution in [0, 0.1) is 0 Å². The predicted octanol–water partition coefficient (Wildman–Crippen LogP) is 6.15. The molecule has 0 aliphatic carbocycles. The summed E-state index contributed by atoms with van der Waals surface area (Å²) < 4.78 is 0. The molecule has 0 aromatic heterocycles. The standard InChI is InChI=1S/C26H18O4/c27-15-9-11-23(29)21(13-15)25-17-5-1-2-6-18(17)26(20-8-4-3-7-19(20)25)22-14-16(28)10-12-24(22)30/h1-14,27-30H. The Morgan fingerprint density at radius 3 is 1.07 bits per heavy atom. The molecule has 0 spiro atoms. The number of aromatic hydroxyl groups is 4. The van der Waals surface area contributed by atoms with Gasteiger partial charge in [-0.2, -0.15) is 0 Å². The fourth-order valence-corrected chi connectivity index (χ4v) is 4.16. The van der Waals surface area contributed by atoms with Crippen LogP contribution in [0.4, 0.5) is 0 Å². The zero-order valence-electron chi connectivity index (χ0n) is 15.9. The van der Waals surface area contributed by atoms with Crippen LogP contribution in [0.3, 0.4) is 0 Å². The maximum atomic E-state index is 10.6. The summed E-state index contributed by atoms with van der Waals surface area (Å²) in [7, 11) is 0. The summed E-state index contributed by atoms with van der Waals surface area (Å²) in [6.45, 7) is 0. The Hall–Kier alpha value is -4.18. The smallest absolute Gasteiger partial charge is 0.123 e. The fraction of sp³-hybridized carbons (Fsp3) is 0. The minimum atomic E-state index is 0.0608. The van der Waals surface area contributed by atoms with Gasteiger partial charge in [0, 0.05) is 22.3 Å². The SMILES string of the molecule is Oc1ccc(O)c(-c2c3ccccc3c(-c3cc(O)ccc3O)c3ccccc23)c1. The van der Waals surface area contributed by atoms with E-state index in [1.165, 1.54) is 24.3 Å². The van der Waals surface area contributed by atoms with E-state index < -0.39 is 0 Å². The zero-order valence-corrected chi connectivity index (χ0v) is 15.9. The van der Waals surface area contributed by atoms with Crippen molar-refractivity contribution in [1.82, 2.24) is 0 Å². The van der Waals surface area contributed by atoms with Crippen molar-refractivity contribution < 1.29 is 20.4 Å². The summed E-state index contributed by atoms with van der Waals surface area (Å²) in [4.78, 5) is 0. The van der Waals surface area contributed by atoms with Crippen molar-refractivity contribution in [3.8, 4) is 45.3 Å². The molecule has 0 aliphatic rings. The van der Waals surface area contributed by atoms with Crippen LogP contribution >= 0.6 is 0 Å². The lowest BCUT2D eigenvalue weighted by molar-refractivity contribution is 0.462. The molecular formula is C26H18O4. The van der Waals surface area contributed by atoms with Crippen molar-refractivity contribution in [1.29, 1.82) is 0 Å². The molecule has 4 nitrogen and oxygen atoms in total. The second-order valence-electron chi connectivity index (χ2n) is 7.24. The first-order chi connectivity index (χ1) is 14.5. The molecule has 5 aromatic rings. The molecule has 30 heavy (non-hydrogen) atoms. The van der Waals surface area contributed by atoms with Crippen molar-refractivity contribution in [2.45, 2.75) is 0 Å². The second kappa shape index (κ2) is 6.71. The van der Waals surface area contributed by atoms with Gasteiger partial charge in [0.05, 0.1) is 0 Å². The summed E-state index contributed by atoms with van der Waals surface area (Å²) in [6.07, 6.45) is 0. The Morgan fingerprint density at radius 2 is 0.733 bits per heavy atom. The molecule has 0 atom stereocenters. The molecule has 4 heteroatoms. The minimum absolute atomic E-state index is 0.0608. The summed E-state index contributed by atoms with van der Waals surface area (Å²) in [5.74, 6) is 0.253. The van der Waals surface area contributed by atoms with Gasteiger partial charge >= 0.3 is 0 Å². The molecule has 5 aromatic carbocycles. The maximum absolute atomic E-state index is 10.6. The molecule has 0 unspecified atom stereocenters. The van der Waals surface area contributed by atoms with Gasteiger partial charge in [-0.15, -0.1) is 0 Å². The van der Waals surface area contributed by atoms with E-state index >= 15 is 0 Å². The third kappa shape index (κ3) is 2.70. The average Bonchev–Trinajstić information content (AvgIpc) is 2.76. The highest BCUT2D eigenvalue weighted by atomic mass is 16.3. The Bertz CT molecular complexity index is 1270. The van der Waals surface area contributed by atoms with Crippen molar-refractivity contribution in [3.63, 3.8) is 0 Å². The first-order valence-electron chi connectivity index (χ1n) is 9.53. The Kier molecular flexibility index (Phi) is 4.00. The molecule has 0 saturated heterocycles. The van der Waals surface area contributed by atoms with E-state index in [0.29, 0.717) is 11.1 Å². The maximum Gasteiger partial charge on any atom is 0.123 e. The van der Waals surface area contributed by atoms with Gasteiger partial charge in [0.2, 0.25) is 0 Å². The van der Waals surface area contributed by atoms with Gasteiger partial charge in [-0.25, -0.2) is 0 Å². The quantitative estimate of drug-likeness (QED) is 0.214. The number of benzene rings is 5. The van der Waals surface area contributed by atoms with Crippen molar-refractivity contribution in [3.05, 3.63) is 84.9 Å². The molecular weight excluding hydrogens is 376 g/mol. The number of rotatable bonds is 2. The van der Waals surface area contributed by atoms with E-state index in [4.69, 9.17) is 0 Å². The van der Waals surface area contributed by atoms with Gasteiger partial charge in [0.25, 0.3) is 0 Å². The fourth-order valence-electron chi connectivity index (χ4n) is 4.16. The lowest BCUT2D eigenvalue weighted by atomic mass is 9.85. The van der Waals surface area contributed by atoms with Crippen molar-refractivity contribution in [2.75, 3.05) is 0 Å². The normalized spacial score (nSPS) is 11.2. The third-order valence-electron chi connectivity index (χ3n) is 5.43. The lowest BCUT2D eigenvalue weighted by Crippen LogP contribution is -1.91. The average molecular weight is 394 g/mol. The highest BCUT2D eigenvalue weighted by molar-refractivity contribution is 6.22. The van der Waals surface area contributed by atoms with Crippen LogP contribution in [0.1, 0.15) is 0 Å². The van der Waals surface area contributed by atoms with Gasteiger partial charge < -0.3 is 20.4 Å². The monoisotopic (exact) mass is 394 g/mol. The van der Waals surface area contributed by atoms with Gasteiger partial charge in [-0.1, -0.05) is 48.5 Å². The van der Waals surface area contributed by atoms with Gasteiger partial charge in [0.15, 0.2) is 0 Å². The Morgan fingerprint density at radius 1 is 0.400 bits per heavy atom. The molecule has 4 N–H and O–H groups in total. The van der Waals surface area contributed by atoms with Crippen LogP contribution in [-0.2, 0) is 0 Å². The predicted molar refractivity (Wildman–Crippen MR) is 119 cm³/mol. The van der Waals surface area contributed by atoms with Crippen LogP contribution < -0.4 is 0 Å². The zero-order chi connectivity index (χ0) is 20.8. The molecule has 0 heterocycles. The van der Waals surface area contributed by atoms with Crippen LogP contribution in [-0.4, -0.2) is 20.4 Å². The second-order valence-corrected chi connectivity index (χ2v) is 7.24. The Labute approximate surface area is 172 Å². The van der Waals surface area contributed by atoms with E-state index in [-0.39, 0.29) is 23.0 Å². The van der Waals surface area contributed by atoms with Gasteiger partial charge in [-0.05, 0) is 57.9 Å². The number of hydrogen-bond acceptors (Lipinski definition) is 4. The number of phenols is 4. The molecule has 0 amide bonds. The molecule has 0 bridgehead atoms. The molecule has 0 radical (unpaired) electrons. The van der Waals surface area contributed by atoms with Gasteiger partial charge in [0.1, 0.15) is 23.0 Å². The van der Waals surface area contributed by atoms with Crippen LogP contribution in [0.15, 0.2) is 84.9 Å². The first-order valence-corrected chi connectivity index (χ1v) is 9.53. The third-order valence-corrected chi connectivity index (χ3v) is 5.43. The first kappa shape index (κ1) is 17.9. The van der Waals surface area contributed by atoms with E-state index in [1.807, 2.05) is 48.5 Å². The molecule has 146 valence electrons. The molecule has 0 fully saturated rings. The van der Waals surface area contributed by atoms with E-state index in [1.54, 1.807) is 12.1 Å². The summed E-state index contributed by atoms with van der Waals surface area (Å²) in [5, 5.41) is 44.7. The number of hydrogen-bond donors (Lipinski definition) is 4. The minimum Gasteiger partial charge on any atom is -0.508 e. The van der Waals surface area contributed by atoms with E-state index in [0.717, 1.165) is 32.7 Å². The van der Waals surface area contributed by atoms with E-state index in [2.05, 4.69) is 0 Å².